The summed E-state index contributed by atoms with van der Waals surface area (Å²) in [5.41, 5.74) is 2.81. The van der Waals surface area contributed by atoms with Crippen molar-refractivity contribution in [2.24, 2.45) is 0 Å². The molecule has 3 aromatic heterocycles. The smallest absolute Gasteiger partial charge is 0.339 e. The van der Waals surface area contributed by atoms with Crippen LogP contribution in [0.4, 0.5) is 5.82 Å². The fraction of sp³-hybridized carbons (Fsp3) is 0.312. The van der Waals surface area contributed by atoms with Crippen LogP contribution in [0.25, 0.3) is 17.0 Å². The highest BCUT2D eigenvalue weighted by Crippen LogP contribution is 2.32. The molecule has 0 bridgehead atoms. The Morgan fingerprint density at radius 2 is 2.22 bits per heavy atom. The maximum atomic E-state index is 11.8. The van der Waals surface area contributed by atoms with Gasteiger partial charge in [0, 0.05) is 18.4 Å². The van der Waals surface area contributed by atoms with Crippen LogP contribution >= 0.6 is 0 Å². The van der Waals surface area contributed by atoms with E-state index in [4.69, 9.17) is 4.74 Å². The minimum absolute atomic E-state index is 0.366. The second-order valence-corrected chi connectivity index (χ2v) is 5.74. The van der Waals surface area contributed by atoms with Crippen molar-refractivity contribution in [3.05, 3.63) is 35.9 Å². The summed E-state index contributed by atoms with van der Waals surface area (Å²) in [7, 11) is 1.38. The predicted octanol–water partition coefficient (Wildman–Crippen LogP) is 2.39. The molecular formula is C16H17N5O2. The second-order valence-electron chi connectivity index (χ2n) is 5.74. The number of fused-ring (bicyclic) bond motifs is 1. The van der Waals surface area contributed by atoms with E-state index in [1.165, 1.54) is 7.11 Å². The van der Waals surface area contributed by atoms with Gasteiger partial charge in [0.2, 0.25) is 0 Å². The van der Waals surface area contributed by atoms with Crippen LogP contribution in [0.5, 0.6) is 0 Å². The van der Waals surface area contributed by atoms with Gasteiger partial charge in [-0.25, -0.2) is 14.8 Å². The first-order valence-corrected chi connectivity index (χ1v) is 7.55. The number of aromatic nitrogens is 4. The summed E-state index contributed by atoms with van der Waals surface area (Å²) in [4.78, 5) is 24.0. The number of hydrogen-bond donors (Lipinski definition) is 2. The van der Waals surface area contributed by atoms with E-state index < -0.39 is 0 Å². The third kappa shape index (κ3) is 2.44. The average molecular weight is 311 g/mol. The fourth-order valence-electron chi connectivity index (χ4n) is 2.56. The molecule has 7 nitrogen and oxygen atoms in total. The van der Waals surface area contributed by atoms with Gasteiger partial charge >= 0.3 is 5.97 Å². The van der Waals surface area contributed by atoms with Gasteiger partial charge < -0.3 is 15.0 Å². The summed E-state index contributed by atoms with van der Waals surface area (Å²) in [6, 6.07) is 3.98. The van der Waals surface area contributed by atoms with E-state index in [9.17, 15) is 4.79 Å². The Balaban J connectivity index is 1.89. The monoisotopic (exact) mass is 311 g/mol. The van der Waals surface area contributed by atoms with Crippen molar-refractivity contribution in [1.29, 1.82) is 0 Å². The van der Waals surface area contributed by atoms with Gasteiger partial charge in [0.1, 0.15) is 28.7 Å². The number of nitrogens with zero attached hydrogens (tertiary/aromatic N) is 3. The van der Waals surface area contributed by atoms with Crippen LogP contribution in [0.1, 0.15) is 29.0 Å². The average Bonchev–Trinajstić information content (AvgIpc) is 3.17. The molecule has 1 aliphatic carbocycles. The van der Waals surface area contributed by atoms with E-state index in [2.05, 4.69) is 20.3 Å². The number of pyridine rings is 1. The van der Waals surface area contributed by atoms with E-state index in [0.29, 0.717) is 11.6 Å². The molecule has 0 amide bonds. The summed E-state index contributed by atoms with van der Waals surface area (Å²) in [6.45, 7) is 1.91. The number of rotatable bonds is 4. The zero-order chi connectivity index (χ0) is 16.0. The molecule has 2 N–H and O–H groups in total. The van der Waals surface area contributed by atoms with Crippen LogP contribution in [0, 0.1) is 6.92 Å². The van der Waals surface area contributed by atoms with Gasteiger partial charge in [-0.3, -0.25) is 4.40 Å². The number of anilines is 1. The number of imidazole rings is 2. The van der Waals surface area contributed by atoms with Crippen molar-refractivity contribution in [1.82, 2.24) is 19.4 Å². The summed E-state index contributed by atoms with van der Waals surface area (Å²) >= 11 is 0. The molecular weight excluding hydrogens is 294 g/mol. The van der Waals surface area contributed by atoms with Crippen LogP contribution in [0.15, 0.2) is 24.5 Å². The molecule has 0 unspecified atom stereocenters. The zero-order valence-corrected chi connectivity index (χ0v) is 13.0. The number of aromatic amines is 1. The number of nitrogens with one attached hydrogen (secondary N) is 2. The molecule has 1 fully saturated rings. The number of H-pyrrole nitrogens is 1. The van der Waals surface area contributed by atoms with E-state index in [1.54, 1.807) is 12.3 Å². The Kier molecular flexibility index (Phi) is 3.07. The van der Waals surface area contributed by atoms with Crippen molar-refractivity contribution in [3.8, 4) is 11.4 Å². The molecule has 0 saturated heterocycles. The molecule has 0 spiro atoms. The molecule has 0 atom stereocenters. The molecule has 1 aliphatic rings. The van der Waals surface area contributed by atoms with Crippen LogP contribution in [0.2, 0.25) is 0 Å². The molecule has 0 aliphatic heterocycles. The van der Waals surface area contributed by atoms with Crippen LogP contribution in [-0.4, -0.2) is 38.5 Å². The van der Waals surface area contributed by atoms with Gasteiger partial charge in [-0.15, -0.1) is 0 Å². The van der Waals surface area contributed by atoms with Crippen LogP contribution in [0.3, 0.4) is 0 Å². The number of hydrogen-bond acceptors (Lipinski definition) is 5. The maximum Gasteiger partial charge on any atom is 0.339 e. The lowest BCUT2D eigenvalue weighted by Crippen LogP contribution is -2.07. The highest BCUT2D eigenvalue weighted by atomic mass is 16.5. The third-order valence-electron chi connectivity index (χ3n) is 3.91. The van der Waals surface area contributed by atoms with Crippen molar-refractivity contribution in [2.45, 2.75) is 25.8 Å². The van der Waals surface area contributed by atoms with Gasteiger partial charge in [-0.05, 0) is 31.9 Å². The summed E-state index contributed by atoms with van der Waals surface area (Å²) in [5.74, 6) is 1.33. The van der Waals surface area contributed by atoms with Gasteiger partial charge in [0.15, 0.2) is 0 Å². The molecule has 118 valence electrons. The SMILES string of the molecule is COC(=O)c1ccc2nc(-c3c[nH]c(C)n3)c(NC3CC3)n2c1. The molecule has 4 rings (SSSR count). The zero-order valence-electron chi connectivity index (χ0n) is 13.0. The first-order chi connectivity index (χ1) is 11.2. The topological polar surface area (TPSA) is 84.3 Å². The molecule has 0 radical (unpaired) electrons. The van der Waals surface area contributed by atoms with Crippen molar-refractivity contribution >= 4 is 17.4 Å². The predicted molar refractivity (Wildman–Crippen MR) is 85.5 cm³/mol. The quantitative estimate of drug-likeness (QED) is 0.723. The lowest BCUT2D eigenvalue weighted by atomic mass is 10.3. The second kappa shape index (κ2) is 5.12. The largest absolute Gasteiger partial charge is 0.465 e. The maximum absolute atomic E-state index is 11.8. The molecule has 7 heteroatoms. The van der Waals surface area contributed by atoms with Crippen molar-refractivity contribution in [2.75, 3.05) is 12.4 Å². The first-order valence-electron chi connectivity index (χ1n) is 7.55. The molecule has 23 heavy (non-hydrogen) atoms. The normalized spacial score (nSPS) is 14.2. The minimum atomic E-state index is -0.366. The highest BCUT2D eigenvalue weighted by molar-refractivity contribution is 5.90. The Hall–Kier alpha value is -2.83. The van der Waals surface area contributed by atoms with Crippen molar-refractivity contribution in [3.63, 3.8) is 0 Å². The van der Waals surface area contributed by atoms with Gasteiger partial charge in [0.05, 0.1) is 12.7 Å². The van der Waals surface area contributed by atoms with Gasteiger partial charge in [-0.2, -0.15) is 0 Å². The Morgan fingerprint density at radius 1 is 1.39 bits per heavy atom. The van der Waals surface area contributed by atoms with E-state index in [-0.39, 0.29) is 5.97 Å². The Bertz CT molecular complexity index is 891. The summed E-state index contributed by atoms with van der Waals surface area (Å²) in [5, 5.41) is 3.49. The summed E-state index contributed by atoms with van der Waals surface area (Å²) < 4.78 is 6.70. The number of carbonyl (C=O) groups is 1. The molecule has 0 aromatic carbocycles. The van der Waals surface area contributed by atoms with Crippen molar-refractivity contribution < 1.29 is 9.53 Å². The minimum Gasteiger partial charge on any atom is -0.465 e. The number of aryl methyl sites for hydroxylation is 1. The van der Waals surface area contributed by atoms with E-state index in [1.807, 2.05) is 23.6 Å². The third-order valence-corrected chi connectivity index (χ3v) is 3.91. The number of carbonyl (C=O) groups excluding carboxylic acids is 1. The molecule has 1 saturated carbocycles. The highest BCUT2D eigenvalue weighted by Gasteiger charge is 2.26. The number of methoxy groups -OCH3 is 1. The lowest BCUT2D eigenvalue weighted by molar-refractivity contribution is 0.0600. The van der Waals surface area contributed by atoms with E-state index >= 15 is 0 Å². The number of ether oxygens (including phenoxy) is 1. The summed E-state index contributed by atoms with van der Waals surface area (Å²) in [6.07, 6.45) is 5.88. The first kappa shape index (κ1) is 13.8. The van der Waals surface area contributed by atoms with Crippen LogP contribution in [-0.2, 0) is 4.74 Å². The fourth-order valence-corrected chi connectivity index (χ4v) is 2.56. The number of esters is 1. The molecule has 3 heterocycles. The van der Waals surface area contributed by atoms with E-state index in [0.717, 1.165) is 41.5 Å². The molecule has 3 aromatic rings. The van der Waals surface area contributed by atoms with Crippen LogP contribution < -0.4 is 5.32 Å². The Labute approximate surface area is 132 Å². The standard InChI is InChI=1S/C16H17N5O2/c1-9-17-7-12(18-9)14-15(19-11-4-5-11)21-8-10(16(22)23-2)3-6-13(21)20-14/h3,6-8,11,19H,4-5H2,1-2H3,(H,17,18). The van der Waals surface area contributed by atoms with Gasteiger partial charge in [0.25, 0.3) is 0 Å². The van der Waals surface area contributed by atoms with Gasteiger partial charge in [-0.1, -0.05) is 0 Å². The Morgan fingerprint density at radius 3 is 2.87 bits per heavy atom. The lowest BCUT2D eigenvalue weighted by Gasteiger charge is -2.07.